The third kappa shape index (κ3) is 3.53. The van der Waals surface area contributed by atoms with Gasteiger partial charge in [-0.25, -0.2) is 4.98 Å². The number of anilines is 1. The first-order chi connectivity index (χ1) is 14.7. The maximum Gasteiger partial charge on any atom is 0.495 e. The lowest BCUT2D eigenvalue weighted by molar-refractivity contribution is 0.00578. The molecular formula is C24H23BN2O3S. The minimum absolute atomic E-state index is 0.190. The summed E-state index contributed by atoms with van der Waals surface area (Å²) in [6, 6.07) is 19.5. The predicted molar refractivity (Wildman–Crippen MR) is 127 cm³/mol. The lowest BCUT2D eigenvalue weighted by Crippen LogP contribution is -2.41. The van der Waals surface area contributed by atoms with Gasteiger partial charge in [0.2, 0.25) is 0 Å². The molecular weight excluding hydrogens is 407 g/mol. The number of carbonyl (C=O) groups is 1. The van der Waals surface area contributed by atoms with Crippen LogP contribution in [-0.2, 0) is 9.31 Å². The number of carbonyl (C=O) groups excluding carboxylic acids is 1. The van der Waals surface area contributed by atoms with E-state index in [1.807, 2.05) is 88.4 Å². The van der Waals surface area contributed by atoms with E-state index in [9.17, 15) is 4.79 Å². The summed E-state index contributed by atoms with van der Waals surface area (Å²) in [5, 5.41) is 5.50. The fraction of sp³-hybridized carbons (Fsp3) is 0.250. The van der Waals surface area contributed by atoms with Gasteiger partial charge in [0.25, 0.3) is 5.91 Å². The Labute approximate surface area is 185 Å². The Bertz CT molecular complexity index is 1270. The molecule has 5 nitrogen and oxygen atoms in total. The maximum absolute atomic E-state index is 13.0. The van der Waals surface area contributed by atoms with E-state index < -0.39 is 18.3 Å². The summed E-state index contributed by atoms with van der Waals surface area (Å²) in [7, 11) is -0.490. The van der Waals surface area contributed by atoms with Crippen LogP contribution in [-0.4, -0.2) is 29.2 Å². The number of hydrogen-bond donors (Lipinski definition) is 1. The van der Waals surface area contributed by atoms with E-state index in [1.54, 1.807) is 0 Å². The van der Waals surface area contributed by atoms with Crippen LogP contribution in [0, 0.1) is 0 Å². The first kappa shape index (κ1) is 20.2. The number of para-hydroxylation sites is 1. The standard InChI is InChI=1S/C24H23BN2O3S/c1-23(2)24(3,4)30-25(29-23)18-9-7-8-15-12-13-16(14-17(15)18)21(28)27-22-26-19-10-5-6-11-20(19)31-22/h5-14H,1-4H3,(H,26,27,28). The van der Waals surface area contributed by atoms with E-state index in [4.69, 9.17) is 9.31 Å². The van der Waals surface area contributed by atoms with Crippen molar-refractivity contribution in [3.8, 4) is 0 Å². The highest BCUT2D eigenvalue weighted by molar-refractivity contribution is 7.22. The molecule has 1 amide bonds. The summed E-state index contributed by atoms with van der Waals surface area (Å²) < 4.78 is 13.6. The second-order valence-corrected chi connectivity index (χ2v) is 9.84. The maximum atomic E-state index is 13.0. The molecule has 0 radical (unpaired) electrons. The van der Waals surface area contributed by atoms with Crippen LogP contribution < -0.4 is 10.8 Å². The largest absolute Gasteiger partial charge is 0.495 e. The van der Waals surface area contributed by atoms with Gasteiger partial charge in [-0.2, -0.15) is 0 Å². The molecule has 156 valence electrons. The average molecular weight is 430 g/mol. The number of amides is 1. The Balaban J connectivity index is 1.48. The molecule has 0 bridgehead atoms. The molecule has 1 aromatic heterocycles. The van der Waals surface area contributed by atoms with Gasteiger partial charge >= 0.3 is 7.12 Å². The van der Waals surface area contributed by atoms with Crippen LogP contribution in [0.4, 0.5) is 5.13 Å². The number of benzene rings is 3. The monoisotopic (exact) mass is 430 g/mol. The predicted octanol–water partition coefficient (Wildman–Crippen LogP) is 5.00. The van der Waals surface area contributed by atoms with Gasteiger partial charge in [0, 0.05) is 5.56 Å². The summed E-state index contributed by atoms with van der Waals surface area (Å²) in [5.74, 6) is -0.190. The van der Waals surface area contributed by atoms with E-state index in [0.717, 1.165) is 26.5 Å². The number of fused-ring (bicyclic) bond motifs is 2. The summed E-state index contributed by atoms with van der Waals surface area (Å²) in [6.45, 7) is 8.15. The number of rotatable bonds is 3. The van der Waals surface area contributed by atoms with E-state index in [2.05, 4.69) is 10.3 Å². The van der Waals surface area contributed by atoms with Crippen LogP contribution in [0.1, 0.15) is 38.1 Å². The SMILES string of the molecule is CC1(C)OB(c2cccc3ccc(C(=O)Nc4nc5ccccc5s4)cc23)OC1(C)C. The smallest absolute Gasteiger partial charge is 0.399 e. The average Bonchev–Trinajstić information content (AvgIpc) is 3.23. The third-order valence-corrected chi connectivity index (χ3v) is 7.15. The number of nitrogens with one attached hydrogen (secondary N) is 1. The lowest BCUT2D eigenvalue weighted by Gasteiger charge is -2.32. The first-order valence-electron chi connectivity index (χ1n) is 10.3. The van der Waals surface area contributed by atoms with Gasteiger partial charge in [0.15, 0.2) is 5.13 Å². The Morgan fingerprint density at radius 2 is 1.71 bits per heavy atom. The van der Waals surface area contributed by atoms with E-state index in [0.29, 0.717) is 10.7 Å². The van der Waals surface area contributed by atoms with Gasteiger partial charge in [0.05, 0.1) is 21.4 Å². The third-order valence-electron chi connectivity index (χ3n) is 6.20. The fourth-order valence-corrected chi connectivity index (χ4v) is 4.57. The Morgan fingerprint density at radius 3 is 2.45 bits per heavy atom. The van der Waals surface area contributed by atoms with Crippen molar-refractivity contribution in [3.63, 3.8) is 0 Å². The Kier molecular flexibility index (Phi) is 4.66. The summed E-state index contributed by atoms with van der Waals surface area (Å²) in [6.07, 6.45) is 0. The molecule has 1 aliphatic heterocycles. The van der Waals surface area contributed by atoms with Crippen LogP contribution in [0.25, 0.3) is 21.0 Å². The van der Waals surface area contributed by atoms with E-state index in [-0.39, 0.29) is 5.91 Å². The van der Waals surface area contributed by atoms with Crippen molar-refractivity contribution in [1.82, 2.24) is 4.98 Å². The minimum atomic E-state index is -0.490. The molecule has 7 heteroatoms. The van der Waals surface area contributed by atoms with Gasteiger partial charge in [-0.1, -0.05) is 47.7 Å². The van der Waals surface area contributed by atoms with Crippen molar-refractivity contribution < 1.29 is 14.1 Å². The van der Waals surface area contributed by atoms with Crippen molar-refractivity contribution in [2.75, 3.05) is 5.32 Å². The molecule has 1 N–H and O–H groups in total. The van der Waals surface area contributed by atoms with Crippen molar-refractivity contribution >= 4 is 55.9 Å². The summed E-state index contributed by atoms with van der Waals surface area (Å²) in [4.78, 5) is 17.5. The molecule has 5 rings (SSSR count). The van der Waals surface area contributed by atoms with Crippen LogP contribution >= 0.6 is 11.3 Å². The quantitative estimate of drug-likeness (QED) is 0.465. The Morgan fingerprint density at radius 1 is 0.968 bits per heavy atom. The molecule has 31 heavy (non-hydrogen) atoms. The van der Waals surface area contributed by atoms with Gasteiger partial charge in [-0.15, -0.1) is 0 Å². The van der Waals surface area contributed by atoms with Gasteiger partial charge in [-0.3, -0.25) is 10.1 Å². The zero-order valence-corrected chi connectivity index (χ0v) is 18.7. The molecule has 1 aliphatic rings. The number of aromatic nitrogens is 1. The molecule has 3 aromatic carbocycles. The van der Waals surface area contributed by atoms with E-state index >= 15 is 0 Å². The van der Waals surface area contributed by atoms with Crippen LogP contribution in [0.3, 0.4) is 0 Å². The number of nitrogens with zero attached hydrogens (tertiary/aromatic N) is 1. The van der Waals surface area contributed by atoms with Crippen LogP contribution in [0.15, 0.2) is 60.7 Å². The zero-order valence-electron chi connectivity index (χ0n) is 17.9. The normalized spacial score (nSPS) is 17.4. The fourth-order valence-electron chi connectivity index (χ4n) is 3.71. The number of hydrogen-bond acceptors (Lipinski definition) is 5. The van der Waals surface area contributed by atoms with Crippen molar-refractivity contribution in [2.24, 2.45) is 0 Å². The minimum Gasteiger partial charge on any atom is -0.399 e. The highest BCUT2D eigenvalue weighted by Gasteiger charge is 2.52. The molecule has 0 unspecified atom stereocenters. The first-order valence-corrected chi connectivity index (χ1v) is 11.1. The second kappa shape index (κ2) is 7.16. The van der Waals surface area contributed by atoms with Gasteiger partial charge in [-0.05, 0) is 68.2 Å². The second-order valence-electron chi connectivity index (χ2n) is 8.81. The molecule has 0 aliphatic carbocycles. The highest BCUT2D eigenvalue weighted by atomic mass is 32.1. The molecule has 0 saturated carbocycles. The van der Waals surface area contributed by atoms with Gasteiger partial charge in [0.1, 0.15) is 0 Å². The Hall–Kier alpha value is -2.74. The lowest BCUT2D eigenvalue weighted by atomic mass is 9.76. The van der Waals surface area contributed by atoms with Gasteiger partial charge < -0.3 is 9.31 Å². The van der Waals surface area contributed by atoms with Crippen LogP contribution in [0.2, 0.25) is 0 Å². The molecule has 1 saturated heterocycles. The molecule has 4 aromatic rings. The molecule has 0 spiro atoms. The highest BCUT2D eigenvalue weighted by Crippen LogP contribution is 2.37. The summed E-state index contributed by atoms with van der Waals surface area (Å²) >= 11 is 1.46. The van der Waals surface area contributed by atoms with Crippen molar-refractivity contribution in [2.45, 2.75) is 38.9 Å². The molecule has 0 atom stereocenters. The summed E-state index contributed by atoms with van der Waals surface area (Å²) in [5.41, 5.74) is 1.51. The van der Waals surface area contributed by atoms with E-state index in [1.165, 1.54) is 11.3 Å². The zero-order chi connectivity index (χ0) is 21.8. The topological polar surface area (TPSA) is 60.5 Å². The van der Waals surface area contributed by atoms with Crippen molar-refractivity contribution in [3.05, 3.63) is 66.2 Å². The number of thiazole rings is 1. The molecule has 2 heterocycles. The van der Waals surface area contributed by atoms with Crippen LogP contribution in [0.5, 0.6) is 0 Å². The molecule has 1 fully saturated rings. The van der Waals surface area contributed by atoms with Crippen molar-refractivity contribution in [1.29, 1.82) is 0 Å².